The molecule has 0 aliphatic heterocycles. The van der Waals surface area contributed by atoms with E-state index in [1.165, 1.54) is 56.1 Å². The van der Waals surface area contributed by atoms with Crippen LogP contribution >= 0.6 is 0 Å². The largest absolute Gasteiger partial charge is 0.508 e. The molecule has 0 heterocycles. The molecular formula is C17H26O. The van der Waals surface area contributed by atoms with E-state index in [1.807, 2.05) is 13.0 Å². The zero-order valence-corrected chi connectivity index (χ0v) is 11.8. The number of aromatic hydroxyl groups is 1. The molecular weight excluding hydrogens is 220 g/mol. The van der Waals surface area contributed by atoms with Crippen molar-refractivity contribution >= 4 is 0 Å². The molecule has 0 spiro atoms. The average molecular weight is 246 g/mol. The van der Waals surface area contributed by atoms with Crippen LogP contribution in [0.4, 0.5) is 0 Å². The van der Waals surface area contributed by atoms with Gasteiger partial charge >= 0.3 is 0 Å². The van der Waals surface area contributed by atoms with Crippen LogP contribution in [0.15, 0.2) is 12.1 Å². The maximum Gasteiger partial charge on any atom is 0.119 e. The number of benzene rings is 1. The Morgan fingerprint density at radius 3 is 2.56 bits per heavy atom. The summed E-state index contributed by atoms with van der Waals surface area (Å²) in [5, 5.41) is 10.1. The van der Waals surface area contributed by atoms with Crippen LogP contribution < -0.4 is 0 Å². The van der Waals surface area contributed by atoms with Crippen LogP contribution in [0.3, 0.4) is 0 Å². The second-order valence-electron chi connectivity index (χ2n) is 5.76. The zero-order valence-electron chi connectivity index (χ0n) is 11.8. The van der Waals surface area contributed by atoms with Crippen molar-refractivity contribution in [2.24, 2.45) is 0 Å². The molecule has 0 atom stereocenters. The predicted molar refractivity (Wildman–Crippen MR) is 77.3 cm³/mol. The minimum Gasteiger partial charge on any atom is -0.508 e. The van der Waals surface area contributed by atoms with Crippen LogP contribution in [0, 0.1) is 6.92 Å². The quantitative estimate of drug-likeness (QED) is 0.784. The average Bonchev–Trinajstić information content (AvgIpc) is 2.41. The van der Waals surface area contributed by atoms with Gasteiger partial charge in [0.15, 0.2) is 0 Å². The summed E-state index contributed by atoms with van der Waals surface area (Å²) in [5.74, 6) is 1.19. The highest BCUT2D eigenvalue weighted by Gasteiger charge is 2.17. The monoisotopic (exact) mass is 246 g/mol. The zero-order chi connectivity index (χ0) is 13.0. The highest BCUT2D eigenvalue weighted by atomic mass is 16.3. The summed E-state index contributed by atoms with van der Waals surface area (Å²) in [6.45, 7) is 4.27. The third kappa shape index (κ3) is 3.07. The van der Waals surface area contributed by atoms with Crippen LogP contribution in [0.1, 0.15) is 74.5 Å². The maximum atomic E-state index is 10.1. The summed E-state index contributed by atoms with van der Waals surface area (Å²) in [6, 6.07) is 4.38. The Labute approximate surface area is 111 Å². The first-order valence-corrected chi connectivity index (χ1v) is 7.54. The van der Waals surface area contributed by atoms with Crippen LogP contribution in [0.25, 0.3) is 0 Å². The topological polar surface area (TPSA) is 20.2 Å². The normalized spacial score (nSPS) is 17.0. The van der Waals surface area contributed by atoms with Crippen molar-refractivity contribution in [2.75, 3.05) is 0 Å². The van der Waals surface area contributed by atoms with Gasteiger partial charge in [-0.15, -0.1) is 0 Å². The van der Waals surface area contributed by atoms with Gasteiger partial charge in [-0.2, -0.15) is 0 Å². The molecule has 1 fully saturated rings. The number of phenolic OH excluding ortho intramolecular Hbond substituents is 1. The van der Waals surface area contributed by atoms with Gasteiger partial charge in [0.2, 0.25) is 0 Å². The van der Waals surface area contributed by atoms with E-state index in [9.17, 15) is 5.11 Å². The molecule has 0 aromatic heterocycles. The molecule has 1 heteroatoms. The molecule has 18 heavy (non-hydrogen) atoms. The number of phenols is 1. The third-order valence-corrected chi connectivity index (χ3v) is 4.39. The molecule has 0 amide bonds. The Bertz CT molecular complexity index is 389. The second kappa shape index (κ2) is 6.26. The first kappa shape index (κ1) is 13.5. The summed E-state index contributed by atoms with van der Waals surface area (Å²) in [5.41, 5.74) is 3.82. The molecule has 1 N–H and O–H groups in total. The number of hydrogen-bond acceptors (Lipinski definition) is 1. The van der Waals surface area contributed by atoms with Crippen LogP contribution in [0.5, 0.6) is 5.75 Å². The Balaban J connectivity index is 2.22. The third-order valence-electron chi connectivity index (χ3n) is 4.39. The first-order valence-electron chi connectivity index (χ1n) is 7.54. The fourth-order valence-corrected chi connectivity index (χ4v) is 3.08. The van der Waals surface area contributed by atoms with E-state index in [-0.39, 0.29) is 0 Å². The molecule has 0 radical (unpaired) electrons. The molecule has 0 bridgehead atoms. The molecule has 0 saturated heterocycles. The van der Waals surface area contributed by atoms with Crippen LogP contribution in [-0.4, -0.2) is 5.11 Å². The van der Waals surface area contributed by atoms with Gasteiger partial charge in [-0.3, -0.25) is 0 Å². The Morgan fingerprint density at radius 1 is 1.17 bits per heavy atom. The van der Waals surface area contributed by atoms with E-state index >= 15 is 0 Å². The van der Waals surface area contributed by atoms with Crippen molar-refractivity contribution in [2.45, 2.75) is 71.1 Å². The molecule has 1 aromatic carbocycles. The van der Waals surface area contributed by atoms with E-state index in [1.54, 1.807) is 0 Å². The fourth-order valence-electron chi connectivity index (χ4n) is 3.08. The number of unbranched alkanes of at least 4 members (excludes halogenated alkanes) is 1. The summed E-state index contributed by atoms with van der Waals surface area (Å²) in [4.78, 5) is 0. The minimum absolute atomic E-state index is 0.504. The molecule has 1 saturated carbocycles. The van der Waals surface area contributed by atoms with Crippen molar-refractivity contribution in [3.8, 4) is 5.75 Å². The lowest BCUT2D eigenvalue weighted by molar-refractivity contribution is 0.436. The lowest BCUT2D eigenvalue weighted by Gasteiger charge is -2.23. The minimum atomic E-state index is 0.504. The number of aryl methyl sites for hydroxylation is 1. The standard InChI is InChI=1S/C17H26O/c1-3-4-8-15-11-16(12-17(18)13(15)2)14-9-6-5-7-10-14/h11-12,14,18H,3-10H2,1-2H3. The SMILES string of the molecule is CCCCc1cc(C2CCCCC2)cc(O)c1C. The van der Waals surface area contributed by atoms with E-state index in [2.05, 4.69) is 13.0 Å². The van der Waals surface area contributed by atoms with E-state index < -0.39 is 0 Å². The van der Waals surface area contributed by atoms with E-state index in [0.29, 0.717) is 11.7 Å². The van der Waals surface area contributed by atoms with Crippen LogP contribution in [-0.2, 0) is 6.42 Å². The summed E-state index contributed by atoms with van der Waals surface area (Å²) in [6.07, 6.45) is 10.2. The second-order valence-corrected chi connectivity index (χ2v) is 5.76. The summed E-state index contributed by atoms with van der Waals surface area (Å²) < 4.78 is 0. The molecule has 1 aliphatic carbocycles. The smallest absolute Gasteiger partial charge is 0.119 e. The molecule has 0 unspecified atom stereocenters. The van der Waals surface area contributed by atoms with Crippen molar-refractivity contribution in [3.05, 3.63) is 28.8 Å². The van der Waals surface area contributed by atoms with Crippen molar-refractivity contribution in [1.29, 1.82) is 0 Å². The van der Waals surface area contributed by atoms with Crippen LogP contribution in [0.2, 0.25) is 0 Å². The molecule has 1 aromatic rings. The van der Waals surface area contributed by atoms with Gasteiger partial charge in [-0.1, -0.05) is 38.7 Å². The Morgan fingerprint density at radius 2 is 1.89 bits per heavy atom. The summed E-state index contributed by atoms with van der Waals surface area (Å²) >= 11 is 0. The van der Waals surface area contributed by atoms with Gasteiger partial charge in [-0.05, 0) is 61.3 Å². The lowest BCUT2D eigenvalue weighted by Crippen LogP contribution is -2.05. The molecule has 2 rings (SSSR count). The number of rotatable bonds is 4. The van der Waals surface area contributed by atoms with Crippen molar-refractivity contribution in [1.82, 2.24) is 0 Å². The Hall–Kier alpha value is -0.980. The Kier molecular flexibility index (Phi) is 4.68. The van der Waals surface area contributed by atoms with E-state index in [0.717, 1.165) is 12.0 Å². The summed E-state index contributed by atoms with van der Waals surface area (Å²) in [7, 11) is 0. The van der Waals surface area contributed by atoms with Gasteiger partial charge in [0.25, 0.3) is 0 Å². The predicted octanol–water partition coefficient (Wildman–Crippen LogP) is 5.09. The highest BCUT2D eigenvalue weighted by Crippen LogP contribution is 2.36. The molecule has 100 valence electrons. The fraction of sp³-hybridized carbons (Fsp3) is 0.647. The lowest BCUT2D eigenvalue weighted by atomic mass is 9.82. The van der Waals surface area contributed by atoms with Crippen molar-refractivity contribution < 1.29 is 5.11 Å². The molecule has 1 nitrogen and oxygen atoms in total. The number of hydrogen-bond donors (Lipinski definition) is 1. The van der Waals surface area contributed by atoms with E-state index in [4.69, 9.17) is 0 Å². The van der Waals surface area contributed by atoms with Gasteiger partial charge < -0.3 is 5.11 Å². The van der Waals surface area contributed by atoms with Gasteiger partial charge in [0.1, 0.15) is 5.75 Å². The maximum absolute atomic E-state index is 10.1. The first-order chi connectivity index (χ1) is 8.72. The van der Waals surface area contributed by atoms with Crippen molar-refractivity contribution in [3.63, 3.8) is 0 Å². The van der Waals surface area contributed by atoms with Gasteiger partial charge in [0.05, 0.1) is 0 Å². The highest BCUT2D eigenvalue weighted by molar-refractivity contribution is 5.43. The van der Waals surface area contributed by atoms with Gasteiger partial charge in [0, 0.05) is 0 Å². The van der Waals surface area contributed by atoms with Gasteiger partial charge in [-0.25, -0.2) is 0 Å². The molecule has 1 aliphatic rings.